The number of nitriles is 1. The predicted octanol–water partition coefficient (Wildman–Crippen LogP) is 2.61. The number of hydrogen-bond acceptors (Lipinski definition) is 3. The molecule has 0 unspecified atom stereocenters. The van der Waals surface area contributed by atoms with E-state index in [0.717, 1.165) is 37.4 Å². The minimum Gasteiger partial charge on any atom is -0.368 e. The van der Waals surface area contributed by atoms with Crippen LogP contribution in [0, 0.1) is 11.3 Å². The number of nitrogens with zero attached hydrogens (tertiary/aromatic N) is 3. The Morgan fingerprint density at radius 1 is 1.11 bits per heavy atom. The second kappa shape index (κ2) is 5.22. The van der Waals surface area contributed by atoms with Gasteiger partial charge in [0, 0.05) is 26.2 Å². The molecule has 1 aliphatic heterocycles. The standard InChI is InChI=1S/C16H23N3/c1-16(2,3)14-5-6-15(13(11-14)12-17)19-9-7-18(4)8-10-19/h5-6,11H,7-10H2,1-4H3. The summed E-state index contributed by atoms with van der Waals surface area (Å²) in [5.74, 6) is 0. The second-order valence-corrected chi connectivity index (χ2v) is 6.38. The zero-order chi connectivity index (χ0) is 14.0. The van der Waals surface area contributed by atoms with Crippen molar-refractivity contribution in [2.75, 3.05) is 38.1 Å². The summed E-state index contributed by atoms with van der Waals surface area (Å²) in [6.07, 6.45) is 0. The van der Waals surface area contributed by atoms with Crippen LogP contribution in [0.15, 0.2) is 18.2 Å². The van der Waals surface area contributed by atoms with E-state index in [9.17, 15) is 5.26 Å². The highest BCUT2D eigenvalue weighted by molar-refractivity contribution is 5.61. The summed E-state index contributed by atoms with van der Waals surface area (Å²) in [4.78, 5) is 4.65. The van der Waals surface area contributed by atoms with Gasteiger partial charge in [0.2, 0.25) is 0 Å². The van der Waals surface area contributed by atoms with Crippen molar-refractivity contribution in [1.82, 2.24) is 4.90 Å². The number of likely N-dealkylation sites (N-methyl/N-ethyl adjacent to an activating group) is 1. The number of benzene rings is 1. The van der Waals surface area contributed by atoms with Gasteiger partial charge in [0.05, 0.1) is 11.3 Å². The van der Waals surface area contributed by atoms with Gasteiger partial charge in [-0.1, -0.05) is 26.8 Å². The van der Waals surface area contributed by atoms with E-state index < -0.39 is 0 Å². The van der Waals surface area contributed by atoms with Crippen molar-refractivity contribution < 1.29 is 0 Å². The molecule has 2 rings (SSSR count). The van der Waals surface area contributed by atoms with Gasteiger partial charge in [0.1, 0.15) is 6.07 Å². The van der Waals surface area contributed by atoms with Crippen LogP contribution in [0.3, 0.4) is 0 Å². The van der Waals surface area contributed by atoms with Crippen LogP contribution < -0.4 is 4.90 Å². The van der Waals surface area contributed by atoms with Crippen LogP contribution in [0.1, 0.15) is 31.9 Å². The van der Waals surface area contributed by atoms with Crippen molar-refractivity contribution in [2.24, 2.45) is 0 Å². The molecule has 3 heteroatoms. The zero-order valence-electron chi connectivity index (χ0n) is 12.4. The van der Waals surface area contributed by atoms with Crippen molar-refractivity contribution in [1.29, 1.82) is 5.26 Å². The molecule has 1 aromatic carbocycles. The second-order valence-electron chi connectivity index (χ2n) is 6.38. The first-order valence-corrected chi connectivity index (χ1v) is 6.90. The maximum Gasteiger partial charge on any atom is 0.101 e. The van der Waals surface area contributed by atoms with Crippen LogP contribution in [0.4, 0.5) is 5.69 Å². The lowest BCUT2D eigenvalue weighted by Gasteiger charge is -2.35. The Balaban J connectivity index is 2.29. The maximum atomic E-state index is 9.40. The SMILES string of the molecule is CN1CCN(c2ccc(C(C)(C)C)cc2C#N)CC1. The summed E-state index contributed by atoms with van der Waals surface area (Å²) in [5, 5.41) is 9.40. The molecule has 102 valence electrons. The zero-order valence-corrected chi connectivity index (χ0v) is 12.4. The van der Waals surface area contributed by atoms with Gasteiger partial charge < -0.3 is 9.80 Å². The van der Waals surface area contributed by atoms with Gasteiger partial charge in [-0.25, -0.2) is 0 Å². The average Bonchev–Trinajstić information content (AvgIpc) is 2.38. The lowest BCUT2D eigenvalue weighted by Crippen LogP contribution is -2.44. The molecule has 0 N–H and O–H groups in total. The summed E-state index contributed by atoms with van der Waals surface area (Å²) in [7, 11) is 2.14. The first-order valence-electron chi connectivity index (χ1n) is 6.90. The van der Waals surface area contributed by atoms with Gasteiger partial charge in [0.25, 0.3) is 0 Å². The maximum absolute atomic E-state index is 9.40. The largest absolute Gasteiger partial charge is 0.368 e. The van der Waals surface area contributed by atoms with Crippen molar-refractivity contribution >= 4 is 5.69 Å². The normalized spacial score (nSPS) is 17.3. The smallest absolute Gasteiger partial charge is 0.101 e. The van der Waals surface area contributed by atoms with E-state index in [2.05, 4.69) is 55.8 Å². The lowest BCUT2D eigenvalue weighted by molar-refractivity contribution is 0.313. The van der Waals surface area contributed by atoms with Crippen molar-refractivity contribution in [3.05, 3.63) is 29.3 Å². The van der Waals surface area contributed by atoms with E-state index in [0.29, 0.717) is 0 Å². The molecule has 0 bridgehead atoms. The fourth-order valence-corrected chi connectivity index (χ4v) is 2.42. The molecule has 1 aliphatic rings. The molecule has 1 heterocycles. The summed E-state index contributed by atoms with van der Waals surface area (Å²) >= 11 is 0. The van der Waals surface area contributed by atoms with E-state index in [4.69, 9.17) is 0 Å². The Bertz CT molecular complexity index is 486. The Morgan fingerprint density at radius 2 is 1.74 bits per heavy atom. The van der Waals surface area contributed by atoms with E-state index >= 15 is 0 Å². The molecule has 0 amide bonds. The third kappa shape index (κ3) is 3.08. The van der Waals surface area contributed by atoms with Crippen LogP contribution in [0.2, 0.25) is 0 Å². The van der Waals surface area contributed by atoms with Crippen LogP contribution in [-0.4, -0.2) is 38.1 Å². The van der Waals surface area contributed by atoms with E-state index in [1.54, 1.807) is 0 Å². The fourth-order valence-electron chi connectivity index (χ4n) is 2.42. The summed E-state index contributed by atoms with van der Waals surface area (Å²) < 4.78 is 0. The lowest BCUT2D eigenvalue weighted by atomic mass is 9.86. The van der Waals surface area contributed by atoms with E-state index in [1.807, 2.05) is 6.07 Å². The van der Waals surface area contributed by atoms with Crippen molar-refractivity contribution in [3.8, 4) is 6.07 Å². The molecule has 0 atom stereocenters. The molecule has 1 saturated heterocycles. The topological polar surface area (TPSA) is 30.3 Å². The number of anilines is 1. The highest BCUT2D eigenvalue weighted by Gasteiger charge is 2.20. The highest BCUT2D eigenvalue weighted by Crippen LogP contribution is 2.28. The Kier molecular flexibility index (Phi) is 3.82. The first-order chi connectivity index (χ1) is 8.91. The third-order valence-corrected chi connectivity index (χ3v) is 3.83. The van der Waals surface area contributed by atoms with E-state index in [1.165, 1.54) is 5.56 Å². The highest BCUT2D eigenvalue weighted by atomic mass is 15.2. The predicted molar refractivity (Wildman–Crippen MR) is 79.6 cm³/mol. The first kappa shape index (κ1) is 13.9. The number of piperazine rings is 1. The number of hydrogen-bond donors (Lipinski definition) is 0. The summed E-state index contributed by atoms with van der Waals surface area (Å²) in [6, 6.07) is 8.69. The van der Waals surface area contributed by atoms with Crippen molar-refractivity contribution in [2.45, 2.75) is 26.2 Å². The molecule has 0 radical (unpaired) electrons. The van der Waals surface area contributed by atoms with Gasteiger partial charge in [-0.05, 0) is 30.2 Å². The van der Waals surface area contributed by atoms with Gasteiger partial charge in [-0.2, -0.15) is 5.26 Å². The van der Waals surface area contributed by atoms with Crippen LogP contribution in [0.5, 0.6) is 0 Å². The quantitative estimate of drug-likeness (QED) is 0.774. The molecule has 1 aromatic rings. The molecule has 19 heavy (non-hydrogen) atoms. The molecule has 1 fully saturated rings. The van der Waals surface area contributed by atoms with E-state index in [-0.39, 0.29) is 5.41 Å². The molecular formula is C16H23N3. The van der Waals surface area contributed by atoms with Crippen LogP contribution in [-0.2, 0) is 5.41 Å². The third-order valence-electron chi connectivity index (χ3n) is 3.83. The summed E-state index contributed by atoms with van der Waals surface area (Å²) in [6.45, 7) is 10.7. The molecule has 0 aromatic heterocycles. The molecule has 3 nitrogen and oxygen atoms in total. The van der Waals surface area contributed by atoms with Gasteiger partial charge >= 0.3 is 0 Å². The average molecular weight is 257 g/mol. The van der Waals surface area contributed by atoms with Gasteiger partial charge in [-0.3, -0.25) is 0 Å². The molecule has 0 saturated carbocycles. The Hall–Kier alpha value is -1.53. The summed E-state index contributed by atoms with van der Waals surface area (Å²) in [5.41, 5.74) is 3.20. The van der Waals surface area contributed by atoms with Gasteiger partial charge in [0.15, 0.2) is 0 Å². The molecular weight excluding hydrogens is 234 g/mol. The molecule has 0 aliphatic carbocycles. The number of rotatable bonds is 1. The minimum atomic E-state index is 0.0895. The van der Waals surface area contributed by atoms with Crippen LogP contribution >= 0.6 is 0 Å². The molecule has 0 spiro atoms. The van der Waals surface area contributed by atoms with Crippen LogP contribution in [0.25, 0.3) is 0 Å². The van der Waals surface area contributed by atoms with Gasteiger partial charge in [-0.15, -0.1) is 0 Å². The minimum absolute atomic E-state index is 0.0895. The monoisotopic (exact) mass is 257 g/mol. The fraction of sp³-hybridized carbons (Fsp3) is 0.562. The Labute approximate surface area is 116 Å². The van der Waals surface area contributed by atoms with Crippen molar-refractivity contribution in [3.63, 3.8) is 0 Å². The Morgan fingerprint density at radius 3 is 2.26 bits per heavy atom.